The number of rotatable bonds is 2. The average molecular weight is 304 g/mol. The van der Waals surface area contributed by atoms with Gasteiger partial charge in [0.1, 0.15) is 11.2 Å². The highest BCUT2D eigenvalue weighted by molar-refractivity contribution is 6.41. The third-order valence-corrected chi connectivity index (χ3v) is 3.45. The Morgan fingerprint density at radius 1 is 1.47 bits per heavy atom. The van der Waals surface area contributed by atoms with Gasteiger partial charge >= 0.3 is 0 Å². The molecule has 1 fully saturated rings. The second-order valence-electron chi connectivity index (χ2n) is 3.99. The number of halogens is 2. The molecule has 1 aromatic rings. The summed E-state index contributed by atoms with van der Waals surface area (Å²) in [4.78, 5) is 28.8. The smallest absolute Gasteiger partial charge is 0.256 e. The van der Waals surface area contributed by atoms with Crippen molar-refractivity contribution >= 4 is 35.0 Å². The standard InChI is InChI=1S/C11H11Cl2N3O3/c12-7-3-6(4-15-9(7)13)11(18)16-1-2-19-5-8(16)10(14)17/h3-4,8H,1-2,5H2,(H2,14,17). The molecular weight excluding hydrogens is 293 g/mol. The zero-order chi connectivity index (χ0) is 14.0. The Morgan fingerprint density at radius 3 is 2.84 bits per heavy atom. The van der Waals surface area contributed by atoms with Crippen LogP contribution in [0.4, 0.5) is 0 Å². The normalized spacial score (nSPS) is 19.3. The van der Waals surface area contributed by atoms with Crippen molar-refractivity contribution in [3.05, 3.63) is 28.0 Å². The fraction of sp³-hybridized carbons (Fsp3) is 0.364. The van der Waals surface area contributed by atoms with E-state index < -0.39 is 11.9 Å². The van der Waals surface area contributed by atoms with Gasteiger partial charge in [-0.2, -0.15) is 0 Å². The minimum atomic E-state index is -0.782. The zero-order valence-electron chi connectivity index (χ0n) is 9.81. The van der Waals surface area contributed by atoms with E-state index in [0.29, 0.717) is 6.61 Å². The third kappa shape index (κ3) is 2.97. The number of ether oxygens (including phenoxy) is 1. The molecule has 1 saturated heterocycles. The summed E-state index contributed by atoms with van der Waals surface area (Å²) >= 11 is 11.5. The maximum absolute atomic E-state index is 12.3. The van der Waals surface area contributed by atoms with Gasteiger partial charge in [-0.05, 0) is 6.07 Å². The molecule has 2 rings (SSSR count). The van der Waals surface area contributed by atoms with Crippen molar-refractivity contribution in [1.82, 2.24) is 9.88 Å². The molecule has 0 aliphatic carbocycles. The van der Waals surface area contributed by atoms with Gasteiger partial charge in [0.05, 0.1) is 23.8 Å². The SMILES string of the molecule is NC(=O)C1COCCN1C(=O)c1cnc(Cl)c(Cl)c1. The number of nitrogens with two attached hydrogens (primary N) is 1. The molecule has 19 heavy (non-hydrogen) atoms. The number of primary amides is 1. The summed E-state index contributed by atoms with van der Waals surface area (Å²) in [6.45, 7) is 0.729. The van der Waals surface area contributed by atoms with Crippen LogP contribution >= 0.6 is 23.2 Å². The molecule has 0 aromatic carbocycles. The fourth-order valence-corrected chi connectivity index (χ4v) is 2.06. The highest BCUT2D eigenvalue weighted by Gasteiger charge is 2.32. The number of amides is 2. The van der Waals surface area contributed by atoms with E-state index in [1.807, 2.05) is 0 Å². The van der Waals surface area contributed by atoms with E-state index in [4.69, 9.17) is 33.7 Å². The first kappa shape index (κ1) is 14.0. The summed E-state index contributed by atoms with van der Waals surface area (Å²) in [5, 5.41) is 0.294. The van der Waals surface area contributed by atoms with Gasteiger partial charge < -0.3 is 15.4 Å². The first-order valence-electron chi connectivity index (χ1n) is 5.50. The predicted octanol–water partition coefficient (Wildman–Crippen LogP) is 0.715. The van der Waals surface area contributed by atoms with Crippen LogP contribution in [0.2, 0.25) is 10.2 Å². The van der Waals surface area contributed by atoms with Crippen molar-refractivity contribution in [1.29, 1.82) is 0 Å². The van der Waals surface area contributed by atoms with Crippen LogP contribution in [-0.4, -0.2) is 47.5 Å². The van der Waals surface area contributed by atoms with Crippen molar-refractivity contribution in [2.24, 2.45) is 5.73 Å². The number of carbonyl (C=O) groups excluding carboxylic acids is 2. The summed E-state index contributed by atoms with van der Waals surface area (Å²) < 4.78 is 5.14. The lowest BCUT2D eigenvalue weighted by Crippen LogP contribution is -2.54. The number of hydrogen-bond acceptors (Lipinski definition) is 4. The van der Waals surface area contributed by atoms with Crippen molar-refractivity contribution in [3.63, 3.8) is 0 Å². The van der Waals surface area contributed by atoms with Crippen LogP contribution in [0.15, 0.2) is 12.3 Å². The van der Waals surface area contributed by atoms with Gasteiger partial charge in [-0.3, -0.25) is 9.59 Å². The van der Waals surface area contributed by atoms with Crippen molar-refractivity contribution in [2.75, 3.05) is 19.8 Å². The monoisotopic (exact) mass is 303 g/mol. The second-order valence-corrected chi connectivity index (χ2v) is 4.75. The van der Waals surface area contributed by atoms with E-state index in [0.717, 1.165) is 0 Å². The maximum atomic E-state index is 12.3. The highest BCUT2D eigenvalue weighted by Crippen LogP contribution is 2.21. The van der Waals surface area contributed by atoms with Gasteiger partial charge in [0.15, 0.2) is 0 Å². The second kappa shape index (κ2) is 5.73. The predicted molar refractivity (Wildman–Crippen MR) is 69.1 cm³/mol. The molecule has 0 saturated carbocycles. The molecule has 2 amide bonds. The first-order chi connectivity index (χ1) is 9.00. The molecule has 102 valence electrons. The minimum absolute atomic E-state index is 0.0931. The minimum Gasteiger partial charge on any atom is -0.377 e. The van der Waals surface area contributed by atoms with E-state index in [1.165, 1.54) is 17.2 Å². The van der Waals surface area contributed by atoms with Crippen molar-refractivity contribution in [2.45, 2.75) is 6.04 Å². The van der Waals surface area contributed by atoms with E-state index in [9.17, 15) is 9.59 Å². The number of morpholine rings is 1. The van der Waals surface area contributed by atoms with Crippen LogP contribution in [0.25, 0.3) is 0 Å². The number of aromatic nitrogens is 1. The molecule has 0 spiro atoms. The first-order valence-corrected chi connectivity index (χ1v) is 6.25. The molecule has 8 heteroatoms. The van der Waals surface area contributed by atoms with Crippen molar-refractivity contribution < 1.29 is 14.3 Å². The molecular formula is C11H11Cl2N3O3. The number of hydrogen-bond donors (Lipinski definition) is 1. The number of nitrogens with zero attached hydrogens (tertiary/aromatic N) is 2. The molecule has 0 bridgehead atoms. The fourth-order valence-electron chi connectivity index (χ4n) is 1.79. The molecule has 1 aromatic heterocycles. The van der Waals surface area contributed by atoms with Crippen LogP contribution in [0, 0.1) is 0 Å². The Morgan fingerprint density at radius 2 is 2.21 bits per heavy atom. The lowest BCUT2D eigenvalue weighted by Gasteiger charge is -2.33. The summed E-state index contributed by atoms with van der Waals surface area (Å²) in [6, 6.07) is 0.628. The lowest BCUT2D eigenvalue weighted by molar-refractivity contribution is -0.127. The number of pyridine rings is 1. The summed E-state index contributed by atoms with van der Waals surface area (Å²) in [5.74, 6) is -0.987. The van der Waals surface area contributed by atoms with Crippen molar-refractivity contribution in [3.8, 4) is 0 Å². The summed E-state index contributed by atoms with van der Waals surface area (Å²) in [5.41, 5.74) is 5.50. The lowest BCUT2D eigenvalue weighted by atomic mass is 10.1. The average Bonchev–Trinajstić information content (AvgIpc) is 2.41. The summed E-state index contributed by atoms with van der Waals surface area (Å²) in [7, 11) is 0. The Kier molecular flexibility index (Phi) is 4.24. The summed E-state index contributed by atoms with van der Waals surface area (Å²) in [6.07, 6.45) is 1.31. The van der Waals surface area contributed by atoms with E-state index >= 15 is 0 Å². The highest BCUT2D eigenvalue weighted by atomic mass is 35.5. The Balaban J connectivity index is 2.26. The van der Waals surface area contributed by atoms with Gasteiger partial charge in [0, 0.05) is 12.7 Å². The maximum Gasteiger partial charge on any atom is 0.256 e. The van der Waals surface area contributed by atoms with Crippen LogP contribution in [0.1, 0.15) is 10.4 Å². The van der Waals surface area contributed by atoms with Crippen LogP contribution in [0.5, 0.6) is 0 Å². The van der Waals surface area contributed by atoms with Crippen LogP contribution in [-0.2, 0) is 9.53 Å². The van der Waals surface area contributed by atoms with Gasteiger partial charge in [-0.25, -0.2) is 4.98 Å². The van der Waals surface area contributed by atoms with Crippen LogP contribution < -0.4 is 5.73 Å². The van der Waals surface area contributed by atoms with Gasteiger partial charge in [-0.15, -0.1) is 0 Å². The van der Waals surface area contributed by atoms with E-state index in [1.54, 1.807) is 0 Å². The molecule has 1 atom stereocenters. The Hall–Kier alpha value is -1.37. The molecule has 1 aliphatic heterocycles. The van der Waals surface area contributed by atoms with E-state index in [-0.39, 0.29) is 34.8 Å². The van der Waals surface area contributed by atoms with Crippen LogP contribution in [0.3, 0.4) is 0 Å². The Bertz CT molecular complexity index is 524. The molecule has 1 unspecified atom stereocenters. The molecule has 6 nitrogen and oxygen atoms in total. The van der Waals surface area contributed by atoms with E-state index in [2.05, 4.69) is 4.98 Å². The molecule has 2 heterocycles. The zero-order valence-corrected chi connectivity index (χ0v) is 11.3. The van der Waals surface area contributed by atoms with Gasteiger partial charge in [0.25, 0.3) is 5.91 Å². The Labute approximate surface area is 119 Å². The number of carbonyl (C=O) groups is 2. The quantitative estimate of drug-likeness (QED) is 0.816. The largest absolute Gasteiger partial charge is 0.377 e. The van der Waals surface area contributed by atoms with Gasteiger partial charge in [0.2, 0.25) is 5.91 Å². The molecule has 2 N–H and O–H groups in total. The molecule has 1 aliphatic rings. The topological polar surface area (TPSA) is 85.5 Å². The van der Waals surface area contributed by atoms with Gasteiger partial charge in [-0.1, -0.05) is 23.2 Å². The third-order valence-electron chi connectivity index (χ3n) is 2.76. The molecule has 0 radical (unpaired) electrons.